The van der Waals surface area contributed by atoms with E-state index in [1.54, 1.807) is 0 Å². The molecule has 0 bridgehead atoms. The third-order valence-electron chi connectivity index (χ3n) is 3.06. The van der Waals surface area contributed by atoms with Crippen LogP contribution in [0.25, 0.3) is 0 Å². The molecule has 1 aliphatic heterocycles. The van der Waals surface area contributed by atoms with E-state index in [9.17, 15) is 0 Å². The molecule has 2 unspecified atom stereocenters. The highest BCUT2D eigenvalue weighted by Gasteiger charge is 2.40. The fraction of sp³-hybridized carbons (Fsp3) is 1.00. The van der Waals surface area contributed by atoms with Crippen molar-refractivity contribution < 1.29 is 4.74 Å². The first-order valence-electron chi connectivity index (χ1n) is 5.85. The van der Waals surface area contributed by atoms with E-state index in [4.69, 9.17) is 4.74 Å². The first-order chi connectivity index (χ1) is 6.17. The van der Waals surface area contributed by atoms with Gasteiger partial charge in [-0.25, -0.2) is 0 Å². The summed E-state index contributed by atoms with van der Waals surface area (Å²) in [6.45, 7) is 8.46. The van der Waals surface area contributed by atoms with Crippen molar-refractivity contribution in [3.8, 4) is 0 Å². The van der Waals surface area contributed by atoms with Gasteiger partial charge >= 0.3 is 0 Å². The van der Waals surface area contributed by atoms with Gasteiger partial charge in [0.15, 0.2) is 0 Å². The van der Waals surface area contributed by atoms with Crippen LogP contribution in [-0.2, 0) is 4.74 Å². The second-order valence-electron chi connectivity index (χ2n) is 4.66. The zero-order chi connectivity index (χ0) is 9.90. The average molecular weight is 184 g/mol. The van der Waals surface area contributed by atoms with Crippen molar-refractivity contribution in [2.75, 3.05) is 0 Å². The van der Waals surface area contributed by atoms with Gasteiger partial charge in [0.2, 0.25) is 0 Å². The molecule has 13 heavy (non-hydrogen) atoms. The van der Waals surface area contributed by atoms with Crippen LogP contribution in [0.1, 0.15) is 59.8 Å². The monoisotopic (exact) mass is 184 g/mol. The van der Waals surface area contributed by atoms with E-state index in [2.05, 4.69) is 13.8 Å². The van der Waals surface area contributed by atoms with E-state index < -0.39 is 0 Å². The summed E-state index contributed by atoms with van der Waals surface area (Å²) >= 11 is 0. The van der Waals surface area contributed by atoms with E-state index in [0.717, 1.165) is 5.92 Å². The van der Waals surface area contributed by atoms with Crippen molar-refractivity contribution in [1.29, 1.82) is 0 Å². The summed E-state index contributed by atoms with van der Waals surface area (Å²) in [4.78, 5) is 0. The normalized spacial score (nSPS) is 36.0. The molecule has 1 heterocycles. The van der Waals surface area contributed by atoms with Crippen LogP contribution in [0.3, 0.4) is 0 Å². The smallest absolute Gasteiger partial charge is 0.0634 e. The minimum atomic E-state index is 0.180. The van der Waals surface area contributed by atoms with Gasteiger partial charge in [0.05, 0.1) is 11.7 Å². The van der Waals surface area contributed by atoms with E-state index in [1.807, 2.05) is 13.8 Å². The van der Waals surface area contributed by atoms with Crippen molar-refractivity contribution >= 4 is 0 Å². The molecule has 1 saturated heterocycles. The molecule has 2 atom stereocenters. The molecule has 1 aliphatic carbocycles. The second-order valence-corrected chi connectivity index (χ2v) is 4.66. The fourth-order valence-corrected chi connectivity index (χ4v) is 2.65. The van der Waals surface area contributed by atoms with Gasteiger partial charge in [0, 0.05) is 0 Å². The standard InChI is InChI=1S/C10H18O.C2H6/c1-10(2)7-8-5-3-4-6-9(8)11-10;1-2/h8-9H,3-7H2,1-2H3;1-2H3. The molecule has 78 valence electrons. The van der Waals surface area contributed by atoms with E-state index in [1.165, 1.54) is 32.1 Å². The number of hydrogen-bond acceptors (Lipinski definition) is 1. The molecule has 2 aliphatic rings. The van der Waals surface area contributed by atoms with Crippen LogP contribution in [0.2, 0.25) is 0 Å². The van der Waals surface area contributed by atoms with Crippen molar-refractivity contribution in [3.05, 3.63) is 0 Å². The Kier molecular flexibility index (Phi) is 3.78. The summed E-state index contributed by atoms with van der Waals surface area (Å²) in [6, 6.07) is 0. The molecule has 0 N–H and O–H groups in total. The van der Waals surface area contributed by atoms with Crippen molar-refractivity contribution in [2.24, 2.45) is 5.92 Å². The lowest BCUT2D eigenvalue weighted by molar-refractivity contribution is -0.0302. The molecule has 2 fully saturated rings. The maximum atomic E-state index is 5.95. The zero-order valence-electron chi connectivity index (χ0n) is 9.60. The molecule has 0 aromatic carbocycles. The number of ether oxygens (including phenoxy) is 1. The maximum absolute atomic E-state index is 5.95. The van der Waals surface area contributed by atoms with Gasteiger partial charge in [0.1, 0.15) is 0 Å². The highest BCUT2D eigenvalue weighted by molar-refractivity contribution is 4.90. The Morgan fingerprint density at radius 2 is 1.69 bits per heavy atom. The van der Waals surface area contributed by atoms with E-state index in [-0.39, 0.29) is 5.60 Å². The third kappa shape index (κ3) is 2.70. The predicted molar refractivity (Wildman–Crippen MR) is 56.9 cm³/mol. The first-order valence-corrected chi connectivity index (χ1v) is 5.85. The first kappa shape index (κ1) is 11.0. The van der Waals surface area contributed by atoms with Gasteiger partial charge in [-0.2, -0.15) is 0 Å². The lowest BCUT2D eigenvalue weighted by Crippen LogP contribution is -2.21. The summed E-state index contributed by atoms with van der Waals surface area (Å²) in [6.07, 6.45) is 7.44. The summed E-state index contributed by atoms with van der Waals surface area (Å²) in [5.41, 5.74) is 0.180. The Labute approximate surface area is 82.9 Å². The van der Waals surface area contributed by atoms with Gasteiger partial charge in [-0.05, 0) is 39.0 Å². The molecule has 0 spiro atoms. The Balaban J connectivity index is 0.000000396. The topological polar surface area (TPSA) is 9.23 Å². The Morgan fingerprint density at radius 3 is 2.31 bits per heavy atom. The Hall–Kier alpha value is -0.0400. The third-order valence-corrected chi connectivity index (χ3v) is 3.06. The van der Waals surface area contributed by atoms with Gasteiger partial charge in [0.25, 0.3) is 0 Å². The number of rotatable bonds is 0. The fourth-order valence-electron chi connectivity index (χ4n) is 2.65. The van der Waals surface area contributed by atoms with Crippen LogP contribution in [-0.4, -0.2) is 11.7 Å². The van der Waals surface area contributed by atoms with Gasteiger partial charge in [-0.3, -0.25) is 0 Å². The highest BCUT2D eigenvalue weighted by Crippen LogP contribution is 2.42. The van der Waals surface area contributed by atoms with Crippen LogP contribution in [0, 0.1) is 5.92 Å². The molecule has 0 aromatic heterocycles. The Bertz CT molecular complexity index is 135. The van der Waals surface area contributed by atoms with Crippen molar-refractivity contribution in [2.45, 2.75) is 71.5 Å². The predicted octanol–water partition coefficient (Wildman–Crippen LogP) is 3.77. The molecule has 1 saturated carbocycles. The SMILES string of the molecule is CC.CC1(C)CC2CCCCC2O1. The molecule has 0 amide bonds. The summed E-state index contributed by atoms with van der Waals surface area (Å²) in [7, 11) is 0. The molecule has 2 rings (SSSR count). The minimum absolute atomic E-state index is 0.180. The molecular weight excluding hydrogens is 160 g/mol. The maximum Gasteiger partial charge on any atom is 0.0634 e. The molecular formula is C12H24O. The second kappa shape index (κ2) is 4.45. The molecule has 0 radical (unpaired) electrons. The number of fused-ring (bicyclic) bond motifs is 1. The molecule has 0 aromatic rings. The lowest BCUT2D eigenvalue weighted by Gasteiger charge is -2.23. The van der Waals surface area contributed by atoms with Crippen LogP contribution in [0.15, 0.2) is 0 Å². The largest absolute Gasteiger partial charge is 0.372 e. The van der Waals surface area contributed by atoms with Crippen molar-refractivity contribution in [1.82, 2.24) is 0 Å². The summed E-state index contributed by atoms with van der Waals surface area (Å²) in [5, 5.41) is 0. The average Bonchev–Trinajstić information content (AvgIpc) is 2.41. The minimum Gasteiger partial charge on any atom is -0.372 e. The van der Waals surface area contributed by atoms with Crippen molar-refractivity contribution in [3.63, 3.8) is 0 Å². The van der Waals surface area contributed by atoms with Crippen LogP contribution >= 0.6 is 0 Å². The molecule has 1 nitrogen and oxygen atoms in total. The van der Waals surface area contributed by atoms with E-state index in [0.29, 0.717) is 6.10 Å². The summed E-state index contributed by atoms with van der Waals surface area (Å²) in [5.74, 6) is 0.888. The van der Waals surface area contributed by atoms with Crippen LogP contribution in [0.5, 0.6) is 0 Å². The lowest BCUT2D eigenvalue weighted by atomic mass is 9.84. The van der Waals surface area contributed by atoms with Gasteiger partial charge in [-0.15, -0.1) is 0 Å². The van der Waals surface area contributed by atoms with Crippen LogP contribution < -0.4 is 0 Å². The molecule has 1 heteroatoms. The zero-order valence-corrected chi connectivity index (χ0v) is 9.60. The summed E-state index contributed by atoms with van der Waals surface area (Å²) < 4.78 is 5.95. The Morgan fingerprint density at radius 1 is 1.08 bits per heavy atom. The van der Waals surface area contributed by atoms with E-state index >= 15 is 0 Å². The quantitative estimate of drug-likeness (QED) is 0.557. The van der Waals surface area contributed by atoms with Gasteiger partial charge in [-0.1, -0.05) is 26.7 Å². The number of hydrogen-bond donors (Lipinski definition) is 0. The van der Waals surface area contributed by atoms with Gasteiger partial charge < -0.3 is 4.74 Å². The highest BCUT2D eigenvalue weighted by atomic mass is 16.5. The van der Waals surface area contributed by atoms with Crippen LogP contribution in [0.4, 0.5) is 0 Å².